The van der Waals surface area contributed by atoms with Crippen molar-refractivity contribution >= 4 is 6.21 Å². The largest absolute Gasteiger partial charge is 0.814 e. The molecule has 0 spiro atoms. The normalized spacial score (nSPS) is 25.0. The molecule has 1 rings (SSSR count). The molecule has 0 aromatic carbocycles. The van der Waals surface area contributed by atoms with Crippen molar-refractivity contribution in [2.24, 2.45) is 5.92 Å². The van der Waals surface area contributed by atoms with E-state index in [1.807, 2.05) is 0 Å². The third kappa shape index (κ3) is 3.82. The smallest absolute Gasteiger partial charge is 0 e. The molecule has 1 atom stereocenters. The van der Waals surface area contributed by atoms with Crippen LogP contribution >= 0.6 is 0 Å². The van der Waals surface area contributed by atoms with E-state index >= 15 is 0 Å². The molecule has 0 saturated heterocycles. The molecule has 1 saturated carbocycles. The van der Waals surface area contributed by atoms with Gasteiger partial charge in [-0.15, -0.1) is 0 Å². The molecule has 0 bridgehead atoms. The summed E-state index contributed by atoms with van der Waals surface area (Å²) in [5, 5.41) is 8.47. The predicted molar refractivity (Wildman–Crippen MR) is 40.3 cm³/mol. The summed E-state index contributed by atoms with van der Waals surface area (Å²) in [5.74, 6) is 0.670. The summed E-state index contributed by atoms with van der Waals surface area (Å²) in [6, 6.07) is 0. The topological polar surface area (TPSA) is 22.3 Å². The van der Waals surface area contributed by atoms with E-state index in [2.05, 4.69) is 6.42 Å². The van der Waals surface area contributed by atoms with Gasteiger partial charge in [0.05, 0.1) is 0 Å². The Balaban J connectivity index is 0.000000810. The molecule has 1 aliphatic rings. The molecule has 2 heteroatoms. The van der Waals surface area contributed by atoms with Gasteiger partial charge in [-0.25, -0.2) is 6.21 Å². The fraction of sp³-hybridized carbons (Fsp3) is 0.750. The third-order valence-corrected chi connectivity index (χ3v) is 1.94. The van der Waals surface area contributed by atoms with Crippen LogP contribution in [-0.2, 0) is 32.7 Å². The van der Waals surface area contributed by atoms with Crippen LogP contribution in [0.4, 0.5) is 0 Å². The second-order valence-electron chi connectivity index (χ2n) is 2.70. The molecule has 1 aliphatic carbocycles. The van der Waals surface area contributed by atoms with Gasteiger partial charge in [0.2, 0.25) is 0 Å². The number of hydrogen-bond acceptors (Lipinski definition) is 0. The monoisotopic (exact) mass is 212 g/mol. The summed E-state index contributed by atoms with van der Waals surface area (Å²) in [6.07, 6.45) is 9.69. The Hall–Kier alpha value is 0.774. The van der Waals surface area contributed by atoms with Crippen molar-refractivity contribution in [1.82, 2.24) is 0 Å². The Labute approximate surface area is 88.4 Å². The number of nitrogens with zero attached hydrogens (tertiary/aromatic N) is 1. The first-order valence-corrected chi connectivity index (χ1v) is 3.72. The molecule has 55 valence electrons. The minimum absolute atomic E-state index is 0. The summed E-state index contributed by atoms with van der Waals surface area (Å²) in [4.78, 5) is 0. The quantitative estimate of drug-likeness (QED) is 0.495. The number of rotatable bonds is 2. The molecule has 0 aromatic heterocycles. The molecule has 0 amide bonds. The van der Waals surface area contributed by atoms with Gasteiger partial charge in [0.15, 0.2) is 0 Å². The predicted octanol–water partition coefficient (Wildman–Crippen LogP) is 2.41. The molecule has 1 nitrogen and oxygen atoms in total. The minimum Gasteiger partial charge on any atom is -0.814 e. The van der Waals surface area contributed by atoms with Crippen LogP contribution in [0.1, 0.15) is 32.1 Å². The Kier molecular flexibility index (Phi) is 6.98. The van der Waals surface area contributed by atoms with E-state index in [0.29, 0.717) is 5.92 Å². The standard InChI is InChI=1S/C8H13N.Y/c9-7-6-8-4-2-1-3-5-8;/h4,7-8H,1-3,5-6H2;/q-2;. The van der Waals surface area contributed by atoms with Gasteiger partial charge in [-0.1, -0.05) is 25.7 Å². The van der Waals surface area contributed by atoms with E-state index in [4.69, 9.17) is 5.41 Å². The van der Waals surface area contributed by atoms with Gasteiger partial charge in [0.25, 0.3) is 0 Å². The summed E-state index contributed by atoms with van der Waals surface area (Å²) >= 11 is 0. The van der Waals surface area contributed by atoms with Gasteiger partial charge in [0.1, 0.15) is 0 Å². The molecule has 1 radical (unpaired) electrons. The molecule has 10 heavy (non-hydrogen) atoms. The molecular formula is C8H13NY-2. The average molecular weight is 212 g/mol. The van der Waals surface area contributed by atoms with Crippen molar-refractivity contribution in [2.45, 2.75) is 32.1 Å². The van der Waals surface area contributed by atoms with Crippen LogP contribution in [-0.4, -0.2) is 6.21 Å². The van der Waals surface area contributed by atoms with E-state index in [1.54, 1.807) is 0 Å². The van der Waals surface area contributed by atoms with E-state index in [1.165, 1.54) is 31.9 Å². The van der Waals surface area contributed by atoms with Crippen molar-refractivity contribution in [1.29, 1.82) is 0 Å². The Bertz CT molecular complexity index is 87.3. The van der Waals surface area contributed by atoms with Crippen molar-refractivity contribution in [3.63, 3.8) is 0 Å². The SMILES string of the molecule is [N-]=CCC1[CH-]CCCC1.[Y]. The van der Waals surface area contributed by atoms with Gasteiger partial charge >= 0.3 is 0 Å². The zero-order valence-electron chi connectivity index (χ0n) is 6.29. The maximum Gasteiger partial charge on any atom is 0 e. The van der Waals surface area contributed by atoms with Crippen LogP contribution in [0.5, 0.6) is 0 Å². The third-order valence-electron chi connectivity index (χ3n) is 1.94. The first kappa shape index (κ1) is 10.8. The van der Waals surface area contributed by atoms with E-state index in [-0.39, 0.29) is 32.7 Å². The average Bonchev–Trinajstić information content (AvgIpc) is 1.91. The molecule has 1 unspecified atom stereocenters. The van der Waals surface area contributed by atoms with E-state index in [9.17, 15) is 0 Å². The van der Waals surface area contributed by atoms with Gasteiger partial charge < -0.3 is 11.8 Å². The van der Waals surface area contributed by atoms with Crippen LogP contribution < -0.4 is 0 Å². The number of hydrogen-bond donors (Lipinski definition) is 0. The van der Waals surface area contributed by atoms with Crippen LogP contribution in [0.2, 0.25) is 0 Å². The molecule has 0 N–H and O–H groups in total. The van der Waals surface area contributed by atoms with Crippen LogP contribution in [0.25, 0.3) is 5.41 Å². The van der Waals surface area contributed by atoms with Gasteiger partial charge in [-0.2, -0.15) is 12.3 Å². The summed E-state index contributed by atoms with van der Waals surface area (Å²) < 4.78 is 0. The zero-order valence-corrected chi connectivity index (χ0v) is 9.13. The van der Waals surface area contributed by atoms with Gasteiger partial charge in [-0.05, 0) is 0 Å². The Morgan fingerprint density at radius 2 is 2.30 bits per heavy atom. The second kappa shape index (κ2) is 6.48. The van der Waals surface area contributed by atoms with Crippen molar-refractivity contribution in [3.05, 3.63) is 11.8 Å². The molecule has 0 aromatic rings. The molecule has 1 fully saturated rings. The molecular weight excluding hydrogens is 199 g/mol. The zero-order chi connectivity index (χ0) is 6.53. The van der Waals surface area contributed by atoms with Gasteiger partial charge in [0, 0.05) is 32.7 Å². The molecule has 0 heterocycles. The van der Waals surface area contributed by atoms with Crippen molar-refractivity contribution < 1.29 is 32.7 Å². The maximum atomic E-state index is 8.47. The van der Waals surface area contributed by atoms with Gasteiger partial charge in [-0.3, -0.25) is 0 Å². The fourth-order valence-corrected chi connectivity index (χ4v) is 1.37. The Morgan fingerprint density at radius 3 is 2.80 bits per heavy atom. The maximum absolute atomic E-state index is 8.47. The summed E-state index contributed by atoms with van der Waals surface area (Å²) in [7, 11) is 0. The summed E-state index contributed by atoms with van der Waals surface area (Å²) in [5.41, 5.74) is 0. The van der Waals surface area contributed by atoms with Crippen LogP contribution in [0.3, 0.4) is 0 Å². The van der Waals surface area contributed by atoms with E-state index < -0.39 is 0 Å². The van der Waals surface area contributed by atoms with Crippen molar-refractivity contribution in [3.8, 4) is 0 Å². The summed E-state index contributed by atoms with van der Waals surface area (Å²) in [6.45, 7) is 0. The minimum atomic E-state index is 0. The van der Waals surface area contributed by atoms with Crippen LogP contribution in [0, 0.1) is 12.3 Å². The fourth-order valence-electron chi connectivity index (χ4n) is 1.37. The van der Waals surface area contributed by atoms with Crippen molar-refractivity contribution in [2.75, 3.05) is 0 Å². The molecule has 0 aliphatic heterocycles. The second-order valence-corrected chi connectivity index (χ2v) is 2.70. The van der Waals surface area contributed by atoms with E-state index in [0.717, 1.165) is 6.42 Å². The van der Waals surface area contributed by atoms with Crippen LogP contribution in [0.15, 0.2) is 0 Å². The first-order chi connectivity index (χ1) is 4.43. The first-order valence-electron chi connectivity index (χ1n) is 3.72. The Morgan fingerprint density at radius 1 is 1.50 bits per heavy atom.